The van der Waals surface area contributed by atoms with Gasteiger partial charge in [0, 0.05) is 11.1 Å². The van der Waals surface area contributed by atoms with Crippen molar-refractivity contribution in [2.45, 2.75) is 25.9 Å². The molecule has 0 aromatic heterocycles. The molecule has 182 valence electrons. The van der Waals surface area contributed by atoms with Gasteiger partial charge in [0.1, 0.15) is 37.9 Å². The Kier molecular flexibility index (Phi) is 10.3. The van der Waals surface area contributed by atoms with Crippen molar-refractivity contribution in [2.24, 2.45) is 11.5 Å². The molecule has 8 heteroatoms. The third-order valence-corrected chi connectivity index (χ3v) is 4.52. The summed E-state index contributed by atoms with van der Waals surface area (Å²) < 4.78 is 21.4. The van der Waals surface area contributed by atoms with Gasteiger partial charge in [-0.15, -0.1) is 0 Å². The van der Waals surface area contributed by atoms with Crippen molar-refractivity contribution in [1.82, 2.24) is 0 Å². The third kappa shape index (κ3) is 9.09. The molecule has 0 amide bonds. The number of ether oxygens (including phenoxy) is 4. The lowest BCUT2D eigenvalue weighted by atomic mass is 10.1. The Morgan fingerprint density at radius 1 is 0.676 bits per heavy atom. The van der Waals surface area contributed by atoms with E-state index < -0.39 is 24.0 Å². The molecule has 0 aliphatic heterocycles. The first-order valence-electron chi connectivity index (χ1n) is 10.8. The molecule has 0 fully saturated rings. The quantitative estimate of drug-likeness (QED) is 0.340. The lowest BCUT2D eigenvalue weighted by Crippen LogP contribution is -2.33. The summed E-state index contributed by atoms with van der Waals surface area (Å²) in [5.41, 5.74) is 14.5. The maximum atomic E-state index is 11.4. The monoisotopic (exact) mass is 468 g/mol. The third-order valence-electron chi connectivity index (χ3n) is 4.52. The predicted octanol–water partition coefficient (Wildman–Crippen LogP) is 3.00. The lowest BCUT2D eigenvalue weighted by molar-refractivity contribution is -0.140. The molecule has 0 heterocycles. The highest BCUT2D eigenvalue weighted by atomic mass is 16.5. The molecule has 2 rings (SSSR count). The Hall–Kier alpha value is -3.62. The summed E-state index contributed by atoms with van der Waals surface area (Å²) in [7, 11) is 0. The fraction of sp³-hybridized carbons (Fsp3) is 0.308. The van der Waals surface area contributed by atoms with Gasteiger partial charge in [0.15, 0.2) is 0 Å². The van der Waals surface area contributed by atoms with Crippen molar-refractivity contribution in [1.29, 1.82) is 0 Å². The highest BCUT2D eigenvalue weighted by Crippen LogP contribution is 2.24. The zero-order valence-corrected chi connectivity index (χ0v) is 19.6. The number of benzene rings is 2. The standard InChI is InChI=1S/C26H32N2O6/c1-17(2)25(29)33-15-21(27)13-31-23-9-5-19(6-10-23)20-7-11-24(12-8-20)32-14-22(28)16-34-26(30)18(3)4/h5-12,21-22H,1,3,13-16,27-28H2,2,4H3. The van der Waals surface area contributed by atoms with Crippen LogP contribution in [0.3, 0.4) is 0 Å². The second kappa shape index (κ2) is 13.2. The minimum atomic E-state index is -0.469. The maximum Gasteiger partial charge on any atom is 0.333 e. The van der Waals surface area contributed by atoms with Crippen LogP contribution in [0.25, 0.3) is 11.1 Å². The van der Waals surface area contributed by atoms with Crippen molar-refractivity contribution < 1.29 is 28.5 Å². The highest BCUT2D eigenvalue weighted by molar-refractivity contribution is 5.87. The minimum absolute atomic E-state index is 0.0583. The molecule has 0 spiro atoms. The van der Waals surface area contributed by atoms with Gasteiger partial charge in [0.2, 0.25) is 0 Å². The predicted molar refractivity (Wildman–Crippen MR) is 130 cm³/mol. The zero-order valence-electron chi connectivity index (χ0n) is 19.6. The van der Waals surface area contributed by atoms with Crippen LogP contribution >= 0.6 is 0 Å². The zero-order chi connectivity index (χ0) is 25.1. The molecule has 0 aliphatic rings. The van der Waals surface area contributed by atoms with E-state index in [9.17, 15) is 9.59 Å². The van der Waals surface area contributed by atoms with Gasteiger partial charge >= 0.3 is 11.9 Å². The highest BCUT2D eigenvalue weighted by Gasteiger charge is 2.11. The largest absolute Gasteiger partial charge is 0.492 e. The minimum Gasteiger partial charge on any atom is -0.492 e. The summed E-state index contributed by atoms with van der Waals surface area (Å²) in [6.07, 6.45) is 0. The SMILES string of the molecule is C=C(C)C(=O)OCC(N)COc1ccc(-c2ccc(OCC(N)COC(=O)C(=C)C)cc2)cc1. The normalized spacial score (nSPS) is 12.2. The Morgan fingerprint density at radius 2 is 1.00 bits per heavy atom. The molecule has 2 aromatic rings. The maximum absolute atomic E-state index is 11.4. The van der Waals surface area contributed by atoms with Crippen LogP contribution in [0.15, 0.2) is 72.8 Å². The van der Waals surface area contributed by atoms with Crippen molar-refractivity contribution in [3.63, 3.8) is 0 Å². The van der Waals surface area contributed by atoms with E-state index in [4.69, 9.17) is 30.4 Å². The number of esters is 2. The first kappa shape index (κ1) is 26.6. The Morgan fingerprint density at radius 3 is 1.29 bits per heavy atom. The average molecular weight is 469 g/mol. The Balaban J connectivity index is 1.79. The second-order valence-corrected chi connectivity index (χ2v) is 7.95. The van der Waals surface area contributed by atoms with Crippen LogP contribution in [0, 0.1) is 0 Å². The number of hydrogen-bond acceptors (Lipinski definition) is 8. The van der Waals surface area contributed by atoms with Gasteiger partial charge in [-0.05, 0) is 49.2 Å². The molecule has 2 atom stereocenters. The van der Waals surface area contributed by atoms with Crippen molar-refractivity contribution in [3.05, 3.63) is 72.8 Å². The van der Waals surface area contributed by atoms with Crippen LogP contribution in [-0.2, 0) is 19.1 Å². The van der Waals surface area contributed by atoms with Gasteiger partial charge in [-0.25, -0.2) is 9.59 Å². The van der Waals surface area contributed by atoms with Gasteiger partial charge in [-0.1, -0.05) is 37.4 Å². The lowest BCUT2D eigenvalue weighted by Gasteiger charge is -2.14. The molecule has 0 bridgehead atoms. The molecule has 0 saturated carbocycles. The van der Waals surface area contributed by atoms with Crippen LogP contribution in [0.5, 0.6) is 11.5 Å². The fourth-order valence-electron chi connectivity index (χ4n) is 2.60. The molecular formula is C26H32N2O6. The molecular weight excluding hydrogens is 436 g/mol. The number of carbonyl (C=O) groups is 2. The van der Waals surface area contributed by atoms with E-state index in [-0.39, 0.29) is 26.4 Å². The molecule has 34 heavy (non-hydrogen) atoms. The van der Waals surface area contributed by atoms with Gasteiger partial charge in [0.05, 0.1) is 12.1 Å². The Labute approximate surface area is 200 Å². The molecule has 4 N–H and O–H groups in total. The average Bonchev–Trinajstić information content (AvgIpc) is 2.83. The van der Waals surface area contributed by atoms with Crippen molar-refractivity contribution >= 4 is 11.9 Å². The van der Waals surface area contributed by atoms with Gasteiger partial charge in [0.25, 0.3) is 0 Å². The van der Waals surface area contributed by atoms with E-state index in [1.54, 1.807) is 13.8 Å². The molecule has 8 nitrogen and oxygen atoms in total. The van der Waals surface area contributed by atoms with Gasteiger partial charge < -0.3 is 30.4 Å². The summed E-state index contributed by atoms with van der Waals surface area (Å²) >= 11 is 0. The Bertz CT molecular complexity index is 904. The van der Waals surface area contributed by atoms with Crippen LogP contribution in [0.4, 0.5) is 0 Å². The summed E-state index contributed by atoms with van der Waals surface area (Å²) in [6.45, 7) is 10.7. The molecule has 2 aromatic carbocycles. The fourth-order valence-corrected chi connectivity index (χ4v) is 2.60. The van der Waals surface area contributed by atoms with Crippen molar-refractivity contribution in [3.8, 4) is 22.6 Å². The summed E-state index contributed by atoms with van der Waals surface area (Å²) in [4.78, 5) is 22.8. The van der Waals surface area contributed by atoms with Gasteiger partial charge in [-0.3, -0.25) is 0 Å². The smallest absolute Gasteiger partial charge is 0.333 e. The number of rotatable bonds is 13. The van der Waals surface area contributed by atoms with Crippen LogP contribution in [-0.4, -0.2) is 50.4 Å². The summed E-state index contributed by atoms with van der Waals surface area (Å²) in [5.74, 6) is 0.379. The topological polar surface area (TPSA) is 123 Å². The van der Waals surface area contributed by atoms with Crippen LogP contribution in [0.1, 0.15) is 13.8 Å². The van der Waals surface area contributed by atoms with E-state index in [0.717, 1.165) is 11.1 Å². The molecule has 0 saturated heterocycles. The van der Waals surface area contributed by atoms with E-state index in [1.165, 1.54) is 0 Å². The van der Waals surface area contributed by atoms with E-state index in [0.29, 0.717) is 22.6 Å². The van der Waals surface area contributed by atoms with Crippen LogP contribution in [0.2, 0.25) is 0 Å². The molecule has 2 unspecified atom stereocenters. The first-order valence-corrected chi connectivity index (χ1v) is 10.8. The van der Waals surface area contributed by atoms with Gasteiger partial charge in [-0.2, -0.15) is 0 Å². The summed E-state index contributed by atoms with van der Waals surface area (Å²) in [6, 6.07) is 14.2. The second-order valence-electron chi connectivity index (χ2n) is 7.95. The van der Waals surface area contributed by atoms with E-state index >= 15 is 0 Å². The number of nitrogens with two attached hydrogens (primary N) is 2. The molecule has 0 radical (unpaired) electrons. The first-order chi connectivity index (χ1) is 16.2. The van der Waals surface area contributed by atoms with Crippen LogP contribution < -0.4 is 20.9 Å². The number of carbonyl (C=O) groups excluding carboxylic acids is 2. The van der Waals surface area contributed by atoms with Crippen molar-refractivity contribution in [2.75, 3.05) is 26.4 Å². The molecule has 0 aliphatic carbocycles. The summed E-state index contributed by atoms with van der Waals surface area (Å²) in [5, 5.41) is 0. The van der Waals surface area contributed by atoms with E-state index in [2.05, 4.69) is 13.2 Å². The number of hydrogen-bond donors (Lipinski definition) is 2. The van der Waals surface area contributed by atoms with E-state index in [1.807, 2.05) is 48.5 Å².